The quantitative estimate of drug-likeness (QED) is 0.130. The number of imide groups is 1. The van der Waals surface area contributed by atoms with Crippen LogP contribution in [0.25, 0.3) is 11.0 Å². The molecular formula is C49H57F3N8O6. The molecule has 0 spiro atoms. The van der Waals surface area contributed by atoms with Crippen LogP contribution in [0.3, 0.4) is 0 Å². The van der Waals surface area contributed by atoms with Crippen LogP contribution >= 0.6 is 0 Å². The highest BCUT2D eigenvalue weighted by molar-refractivity contribution is 6.23. The molecule has 1 atom stereocenters. The maximum absolute atomic E-state index is 13.5. The van der Waals surface area contributed by atoms with Gasteiger partial charge in [0.2, 0.25) is 11.9 Å². The van der Waals surface area contributed by atoms with E-state index in [1.807, 2.05) is 10.6 Å². The van der Waals surface area contributed by atoms with Crippen LogP contribution in [0.4, 0.5) is 19.1 Å². The Bertz CT molecular complexity index is 2490. The second kappa shape index (κ2) is 19.3. The number of piperazine rings is 1. The van der Waals surface area contributed by atoms with E-state index in [-0.39, 0.29) is 35.3 Å². The van der Waals surface area contributed by atoms with Crippen LogP contribution < -0.4 is 15.4 Å². The third kappa shape index (κ3) is 9.89. The molecule has 4 aromatic rings. The van der Waals surface area contributed by atoms with Crippen molar-refractivity contribution in [1.82, 2.24) is 34.5 Å². The lowest BCUT2D eigenvalue weighted by atomic mass is 9.86. The lowest BCUT2D eigenvalue weighted by Crippen LogP contribution is -2.51. The fourth-order valence-electron chi connectivity index (χ4n) is 10.4. The van der Waals surface area contributed by atoms with Crippen LogP contribution in [0.15, 0.2) is 72.9 Å². The molecule has 5 aliphatic rings. The first-order chi connectivity index (χ1) is 31.8. The first-order valence-electron chi connectivity index (χ1n) is 23.2. The van der Waals surface area contributed by atoms with Crippen molar-refractivity contribution in [2.24, 2.45) is 11.8 Å². The molecule has 3 N–H and O–H groups in total. The summed E-state index contributed by atoms with van der Waals surface area (Å²) in [5, 5.41) is 15.2. The molecule has 66 heavy (non-hydrogen) atoms. The maximum atomic E-state index is 13.5. The summed E-state index contributed by atoms with van der Waals surface area (Å²) in [7, 11) is 0. The number of piperidine rings is 2. The normalized spacial score (nSPS) is 22.8. The first kappa shape index (κ1) is 45.5. The van der Waals surface area contributed by atoms with Crippen LogP contribution in [0, 0.1) is 11.8 Å². The number of nitrogens with one attached hydrogen (secondary N) is 2. The van der Waals surface area contributed by atoms with Gasteiger partial charge in [-0.15, -0.1) is 0 Å². The summed E-state index contributed by atoms with van der Waals surface area (Å²) < 4.78 is 48.4. The summed E-state index contributed by atoms with van der Waals surface area (Å²) in [4.78, 5) is 65.6. The van der Waals surface area contributed by atoms with Gasteiger partial charge in [0.25, 0.3) is 17.7 Å². The summed E-state index contributed by atoms with van der Waals surface area (Å²) in [6.45, 7) is 12.7. The molecule has 4 aliphatic heterocycles. The van der Waals surface area contributed by atoms with Gasteiger partial charge in [-0.2, -0.15) is 13.2 Å². The van der Waals surface area contributed by atoms with Gasteiger partial charge in [-0.25, -0.2) is 4.98 Å². The van der Waals surface area contributed by atoms with E-state index in [0.717, 1.165) is 131 Å². The van der Waals surface area contributed by atoms with Gasteiger partial charge in [0.05, 0.1) is 27.7 Å². The van der Waals surface area contributed by atoms with E-state index in [2.05, 4.69) is 44.0 Å². The highest BCUT2D eigenvalue weighted by Crippen LogP contribution is 2.38. The second-order valence-corrected chi connectivity index (χ2v) is 18.6. The number of aliphatic hydroxyl groups excluding tert-OH is 1. The van der Waals surface area contributed by atoms with Crippen LogP contribution in [0.1, 0.15) is 99.6 Å². The first-order valence-corrected chi connectivity index (χ1v) is 23.2. The van der Waals surface area contributed by atoms with Crippen molar-refractivity contribution in [3.63, 3.8) is 0 Å². The predicted octanol–water partition coefficient (Wildman–Crippen LogP) is 6.33. The Kier molecular flexibility index (Phi) is 13.3. The van der Waals surface area contributed by atoms with E-state index in [1.54, 1.807) is 18.2 Å². The van der Waals surface area contributed by atoms with E-state index < -0.39 is 41.4 Å². The van der Waals surface area contributed by atoms with Gasteiger partial charge < -0.3 is 24.6 Å². The van der Waals surface area contributed by atoms with Gasteiger partial charge in [0, 0.05) is 69.7 Å². The number of benzene rings is 3. The molecule has 0 radical (unpaired) electrons. The number of imidazole rings is 1. The number of likely N-dealkylation sites (tertiary alicyclic amines) is 1. The Morgan fingerprint density at radius 2 is 1.58 bits per heavy atom. The number of nitrogens with zero attached hydrogens (tertiary/aromatic N) is 6. The molecule has 17 heteroatoms. The van der Waals surface area contributed by atoms with Crippen molar-refractivity contribution in [2.75, 3.05) is 70.9 Å². The zero-order chi connectivity index (χ0) is 46.1. The van der Waals surface area contributed by atoms with Gasteiger partial charge in [-0.3, -0.25) is 39.2 Å². The lowest BCUT2D eigenvalue weighted by Gasteiger charge is -2.39. The van der Waals surface area contributed by atoms with Crippen molar-refractivity contribution in [3.8, 4) is 5.75 Å². The highest BCUT2D eigenvalue weighted by atomic mass is 19.4. The molecule has 5 heterocycles. The summed E-state index contributed by atoms with van der Waals surface area (Å²) in [5.41, 5.74) is 2.82. The minimum Gasteiger partial charge on any atom is -0.492 e. The van der Waals surface area contributed by atoms with Crippen molar-refractivity contribution < 1.29 is 42.2 Å². The third-order valence-electron chi connectivity index (χ3n) is 14.2. The van der Waals surface area contributed by atoms with Crippen molar-refractivity contribution in [2.45, 2.75) is 76.2 Å². The number of amides is 4. The molecule has 4 amide bonds. The van der Waals surface area contributed by atoms with Crippen LogP contribution in [-0.2, 0) is 17.5 Å². The van der Waals surface area contributed by atoms with Crippen LogP contribution in [0.5, 0.6) is 5.75 Å². The molecule has 1 aliphatic carbocycles. The van der Waals surface area contributed by atoms with Gasteiger partial charge in [-0.05, 0) is 130 Å². The second-order valence-electron chi connectivity index (χ2n) is 18.6. The standard InChI is InChI=1S/C49H57F3N8O6/c1-31-5-13-43(45(63)53-31)60-46(64)39-12-11-38(27-40(39)47(60)65)66-24-23-56-17-15-32(16-18-56)28-57-19-21-58(22-20-57)29-34-8-14-42-41(25-34)54-48(59(42)37-9-6-33(30-61)7-10-37)55-44(62)35-3-2-4-36(26-35)49(50,51)52/h2-4,8,11-12,14,25-27,32-33,37,43,61H,1,5-7,9-10,13,15-24,28-30H2,(H,53,63)(H,54,55,62). The highest BCUT2D eigenvalue weighted by Gasteiger charge is 2.44. The minimum absolute atomic E-state index is 0.0223. The zero-order valence-electron chi connectivity index (χ0n) is 37.0. The van der Waals surface area contributed by atoms with E-state index in [4.69, 9.17) is 9.72 Å². The van der Waals surface area contributed by atoms with Crippen LogP contribution in [-0.4, -0.2) is 129 Å². The van der Waals surface area contributed by atoms with Crippen molar-refractivity contribution >= 4 is 40.6 Å². The number of anilines is 1. The summed E-state index contributed by atoms with van der Waals surface area (Å²) in [5.74, 6) is -0.317. The number of aromatic nitrogens is 2. The third-order valence-corrected chi connectivity index (χ3v) is 14.2. The Morgan fingerprint density at radius 1 is 0.833 bits per heavy atom. The van der Waals surface area contributed by atoms with E-state index >= 15 is 0 Å². The number of aliphatic hydroxyl groups is 1. The molecule has 4 fully saturated rings. The average Bonchev–Trinajstić information content (AvgIpc) is 3.79. The summed E-state index contributed by atoms with van der Waals surface area (Å²) in [6, 6.07) is 14.7. The van der Waals surface area contributed by atoms with Gasteiger partial charge >= 0.3 is 6.18 Å². The Morgan fingerprint density at radius 3 is 2.30 bits per heavy atom. The smallest absolute Gasteiger partial charge is 0.416 e. The Hall–Kier alpha value is -5.62. The number of allylic oxidation sites excluding steroid dienone is 1. The minimum atomic E-state index is -4.57. The number of carbonyl (C=O) groups is 4. The topological polar surface area (TPSA) is 153 Å². The number of halogens is 3. The van der Waals surface area contributed by atoms with Crippen LogP contribution in [0.2, 0.25) is 0 Å². The lowest BCUT2D eigenvalue weighted by molar-refractivity contribution is -0.137. The number of hydrogen-bond donors (Lipinski definition) is 3. The Labute approximate surface area is 381 Å². The molecule has 1 aromatic heterocycles. The fourth-order valence-corrected chi connectivity index (χ4v) is 10.4. The molecule has 14 nitrogen and oxygen atoms in total. The number of fused-ring (bicyclic) bond motifs is 2. The number of carbonyl (C=O) groups excluding carboxylic acids is 4. The molecule has 9 rings (SSSR count). The number of ether oxygens (including phenoxy) is 1. The molecule has 3 aromatic carbocycles. The van der Waals surface area contributed by atoms with E-state index in [9.17, 15) is 37.5 Å². The molecule has 3 saturated heterocycles. The molecular weight excluding hydrogens is 854 g/mol. The average molecular weight is 911 g/mol. The van der Waals surface area contributed by atoms with Crippen molar-refractivity contribution in [3.05, 3.63) is 101 Å². The fraction of sp³-hybridized carbons (Fsp3) is 0.490. The number of hydrogen-bond acceptors (Lipinski definition) is 10. The summed E-state index contributed by atoms with van der Waals surface area (Å²) >= 11 is 0. The van der Waals surface area contributed by atoms with Gasteiger partial charge in [0.1, 0.15) is 18.4 Å². The largest absolute Gasteiger partial charge is 0.492 e. The number of rotatable bonds is 13. The van der Waals surface area contributed by atoms with E-state index in [0.29, 0.717) is 42.8 Å². The van der Waals surface area contributed by atoms with Gasteiger partial charge in [0.15, 0.2) is 0 Å². The van der Waals surface area contributed by atoms with Crippen molar-refractivity contribution in [1.29, 1.82) is 0 Å². The van der Waals surface area contributed by atoms with Gasteiger partial charge in [-0.1, -0.05) is 18.7 Å². The molecule has 350 valence electrons. The maximum Gasteiger partial charge on any atom is 0.416 e. The number of alkyl halides is 3. The monoisotopic (exact) mass is 910 g/mol. The zero-order valence-corrected chi connectivity index (χ0v) is 37.0. The van der Waals surface area contributed by atoms with E-state index in [1.165, 1.54) is 12.1 Å². The molecule has 1 saturated carbocycles. The Balaban J connectivity index is 0.738. The molecule has 1 unspecified atom stereocenters. The predicted molar refractivity (Wildman–Crippen MR) is 241 cm³/mol. The summed E-state index contributed by atoms with van der Waals surface area (Å²) in [6.07, 6.45) is 1.74. The molecule has 0 bridgehead atoms. The SMILES string of the molecule is C=C1CCC(N2C(=O)c3ccc(OCCN4CCC(CN5CCN(Cc6ccc7c(c6)nc(NC(=O)c6cccc(C(F)(F)F)c6)n7C6CCC(CO)CC6)CC5)CC4)cc3C2=O)C(=O)N1.